The molecule has 1 rings (SSSR count). The van der Waals surface area contributed by atoms with Crippen molar-refractivity contribution in [1.82, 2.24) is 5.32 Å². The monoisotopic (exact) mass is 289 g/mol. The van der Waals surface area contributed by atoms with Gasteiger partial charge in [0.25, 0.3) is 0 Å². The van der Waals surface area contributed by atoms with Gasteiger partial charge < -0.3 is 16.3 Å². The molecular formula is C11H13Cl2N3O2. The number of nitrogens with two attached hydrogens (primary N) is 1. The Morgan fingerprint density at radius 2 is 2.17 bits per heavy atom. The summed E-state index contributed by atoms with van der Waals surface area (Å²) < 4.78 is 0. The largest absolute Gasteiger partial charge is 0.409 e. The lowest BCUT2D eigenvalue weighted by molar-refractivity contribution is -0.119. The van der Waals surface area contributed by atoms with Crippen molar-refractivity contribution in [3.63, 3.8) is 0 Å². The first kappa shape index (κ1) is 14.6. The summed E-state index contributed by atoms with van der Waals surface area (Å²) in [6, 6.07) is 5.19. The zero-order valence-corrected chi connectivity index (χ0v) is 11.0. The van der Waals surface area contributed by atoms with Crippen LogP contribution < -0.4 is 11.1 Å². The van der Waals surface area contributed by atoms with E-state index in [0.717, 1.165) is 5.56 Å². The summed E-state index contributed by atoms with van der Waals surface area (Å²) in [7, 11) is 0. The number of amidine groups is 1. The van der Waals surface area contributed by atoms with Crippen molar-refractivity contribution in [2.24, 2.45) is 10.9 Å². The lowest BCUT2D eigenvalue weighted by Gasteiger charge is -2.06. The quantitative estimate of drug-likeness (QED) is 0.334. The lowest BCUT2D eigenvalue weighted by atomic mass is 10.1. The normalized spacial score (nSPS) is 11.3. The van der Waals surface area contributed by atoms with Crippen molar-refractivity contribution < 1.29 is 10.0 Å². The van der Waals surface area contributed by atoms with Gasteiger partial charge in [0.15, 0.2) is 0 Å². The van der Waals surface area contributed by atoms with Gasteiger partial charge in [0.05, 0.1) is 6.42 Å². The number of benzene rings is 1. The zero-order chi connectivity index (χ0) is 13.5. The molecule has 0 spiro atoms. The molecule has 7 heteroatoms. The second kappa shape index (κ2) is 7.08. The van der Waals surface area contributed by atoms with E-state index in [1.807, 2.05) is 0 Å². The third-order valence-corrected chi connectivity index (χ3v) is 2.79. The highest BCUT2D eigenvalue weighted by atomic mass is 35.5. The second-order valence-corrected chi connectivity index (χ2v) is 4.45. The molecule has 0 atom stereocenters. The van der Waals surface area contributed by atoms with E-state index in [1.165, 1.54) is 0 Å². The molecular weight excluding hydrogens is 277 g/mol. The molecule has 0 saturated carbocycles. The Hall–Kier alpha value is -1.46. The summed E-state index contributed by atoms with van der Waals surface area (Å²) in [4.78, 5) is 11.3. The van der Waals surface area contributed by atoms with Crippen LogP contribution in [0.15, 0.2) is 23.4 Å². The van der Waals surface area contributed by atoms with Gasteiger partial charge in [-0.2, -0.15) is 0 Å². The van der Waals surface area contributed by atoms with E-state index in [0.29, 0.717) is 23.0 Å². The third kappa shape index (κ3) is 4.81. The predicted molar refractivity (Wildman–Crippen MR) is 71.2 cm³/mol. The second-order valence-electron chi connectivity index (χ2n) is 3.60. The smallest absolute Gasteiger partial charge is 0.227 e. The van der Waals surface area contributed by atoms with E-state index in [1.54, 1.807) is 18.2 Å². The first-order valence-electron chi connectivity index (χ1n) is 5.20. The fourth-order valence-electron chi connectivity index (χ4n) is 1.32. The molecule has 0 radical (unpaired) electrons. The lowest BCUT2D eigenvalue weighted by Crippen LogP contribution is -2.30. The maximum Gasteiger partial charge on any atom is 0.227 e. The predicted octanol–water partition coefficient (Wildman–Crippen LogP) is 1.79. The van der Waals surface area contributed by atoms with Crippen LogP contribution >= 0.6 is 23.2 Å². The number of oxime groups is 1. The van der Waals surface area contributed by atoms with Crippen molar-refractivity contribution >= 4 is 34.9 Å². The number of carbonyl (C=O) groups is 1. The Morgan fingerprint density at radius 1 is 1.44 bits per heavy atom. The summed E-state index contributed by atoms with van der Waals surface area (Å²) in [5, 5.41) is 14.8. The summed E-state index contributed by atoms with van der Waals surface area (Å²) in [5.41, 5.74) is 6.09. The molecule has 0 aliphatic heterocycles. The van der Waals surface area contributed by atoms with Gasteiger partial charge in [0.1, 0.15) is 5.84 Å². The van der Waals surface area contributed by atoms with E-state index in [9.17, 15) is 4.79 Å². The third-order valence-electron chi connectivity index (χ3n) is 2.20. The number of nitrogens with zero attached hydrogens (tertiary/aromatic N) is 1. The van der Waals surface area contributed by atoms with Crippen molar-refractivity contribution in [2.75, 3.05) is 6.54 Å². The highest BCUT2D eigenvalue weighted by Gasteiger charge is 2.05. The van der Waals surface area contributed by atoms with Gasteiger partial charge in [0.2, 0.25) is 5.91 Å². The number of hydrogen-bond acceptors (Lipinski definition) is 3. The number of rotatable bonds is 5. The van der Waals surface area contributed by atoms with Gasteiger partial charge in [-0.15, -0.1) is 0 Å². The molecule has 0 aliphatic rings. The summed E-state index contributed by atoms with van der Waals surface area (Å²) >= 11 is 11.8. The Morgan fingerprint density at radius 3 is 2.78 bits per heavy atom. The van der Waals surface area contributed by atoms with E-state index in [-0.39, 0.29) is 18.2 Å². The molecule has 1 amide bonds. The van der Waals surface area contributed by atoms with Crippen LogP contribution in [0.1, 0.15) is 12.0 Å². The van der Waals surface area contributed by atoms with Gasteiger partial charge in [-0.3, -0.25) is 4.79 Å². The number of nitrogens with one attached hydrogen (secondary N) is 1. The average molecular weight is 290 g/mol. The SMILES string of the molecule is N/C(CC(=O)NCCc1ccc(Cl)cc1Cl)=N\O. The average Bonchev–Trinajstić information content (AvgIpc) is 2.31. The summed E-state index contributed by atoms with van der Waals surface area (Å²) in [6.07, 6.45) is 0.447. The summed E-state index contributed by atoms with van der Waals surface area (Å²) in [5.74, 6) is -0.438. The highest BCUT2D eigenvalue weighted by Crippen LogP contribution is 2.20. The molecule has 5 nitrogen and oxygen atoms in total. The Bertz CT molecular complexity index is 464. The number of halogens is 2. The molecule has 0 heterocycles. The van der Waals surface area contributed by atoms with E-state index in [2.05, 4.69) is 10.5 Å². The maximum atomic E-state index is 11.3. The first-order valence-corrected chi connectivity index (χ1v) is 5.95. The molecule has 0 aliphatic carbocycles. The van der Waals surface area contributed by atoms with E-state index < -0.39 is 0 Å². The molecule has 4 N–H and O–H groups in total. The minimum Gasteiger partial charge on any atom is -0.409 e. The Labute approximate surface area is 115 Å². The van der Waals surface area contributed by atoms with Gasteiger partial charge in [0, 0.05) is 16.6 Å². The minimum absolute atomic E-state index is 0.128. The van der Waals surface area contributed by atoms with Crippen LogP contribution in [0.5, 0.6) is 0 Å². The molecule has 0 saturated heterocycles. The number of hydrogen-bond donors (Lipinski definition) is 3. The maximum absolute atomic E-state index is 11.3. The molecule has 1 aromatic rings. The zero-order valence-electron chi connectivity index (χ0n) is 9.49. The fourth-order valence-corrected chi connectivity index (χ4v) is 1.83. The summed E-state index contributed by atoms with van der Waals surface area (Å²) in [6.45, 7) is 0.416. The molecule has 0 bridgehead atoms. The number of carbonyl (C=O) groups excluding carboxylic acids is 1. The van der Waals surface area contributed by atoms with Gasteiger partial charge in [-0.1, -0.05) is 34.4 Å². The van der Waals surface area contributed by atoms with Gasteiger partial charge in [-0.25, -0.2) is 0 Å². The topological polar surface area (TPSA) is 87.7 Å². The van der Waals surface area contributed by atoms with Crippen LogP contribution in [-0.4, -0.2) is 23.5 Å². The van der Waals surface area contributed by atoms with Crippen LogP contribution in [0.25, 0.3) is 0 Å². The molecule has 0 unspecified atom stereocenters. The van der Waals surface area contributed by atoms with Crippen LogP contribution in [0.4, 0.5) is 0 Å². The minimum atomic E-state index is -0.310. The molecule has 18 heavy (non-hydrogen) atoms. The molecule has 98 valence electrons. The van der Waals surface area contributed by atoms with Crippen molar-refractivity contribution in [1.29, 1.82) is 0 Å². The fraction of sp³-hybridized carbons (Fsp3) is 0.273. The van der Waals surface area contributed by atoms with Crippen LogP contribution in [0, 0.1) is 0 Å². The van der Waals surface area contributed by atoms with Crippen LogP contribution in [-0.2, 0) is 11.2 Å². The van der Waals surface area contributed by atoms with Gasteiger partial charge >= 0.3 is 0 Å². The molecule has 1 aromatic carbocycles. The van der Waals surface area contributed by atoms with Crippen LogP contribution in [0.3, 0.4) is 0 Å². The Balaban J connectivity index is 2.40. The van der Waals surface area contributed by atoms with Crippen molar-refractivity contribution in [3.05, 3.63) is 33.8 Å². The first-order chi connectivity index (χ1) is 8.52. The highest BCUT2D eigenvalue weighted by molar-refractivity contribution is 6.35. The molecule has 0 aromatic heterocycles. The van der Waals surface area contributed by atoms with E-state index in [4.69, 9.17) is 34.1 Å². The van der Waals surface area contributed by atoms with Crippen molar-refractivity contribution in [3.8, 4) is 0 Å². The van der Waals surface area contributed by atoms with Crippen LogP contribution in [0.2, 0.25) is 10.0 Å². The standard InChI is InChI=1S/C11H13Cl2N3O2/c12-8-2-1-7(9(13)5-8)3-4-15-11(17)6-10(14)16-18/h1-2,5,18H,3-4,6H2,(H2,14,16)(H,15,17). The van der Waals surface area contributed by atoms with Crippen molar-refractivity contribution in [2.45, 2.75) is 12.8 Å². The van der Waals surface area contributed by atoms with E-state index >= 15 is 0 Å². The van der Waals surface area contributed by atoms with Gasteiger partial charge in [-0.05, 0) is 24.1 Å². The Kier molecular flexibility index (Phi) is 5.74. The molecule has 0 fully saturated rings. The number of amides is 1.